The smallest absolute Gasteiger partial charge is 0.119 e. The van der Waals surface area contributed by atoms with Crippen LogP contribution in [-0.4, -0.2) is 34.3 Å². The number of nitrogens with one attached hydrogen (secondary N) is 1. The van der Waals surface area contributed by atoms with Crippen LogP contribution in [-0.2, 0) is 6.54 Å². The molecular formula is C15H18ClN3O2. The Morgan fingerprint density at radius 2 is 2.24 bits per heavy atom. The minimum absolute atomic E-state index is 0.220. The summed E-state index contributed by atoms with van der Waals surface area (Å²) in [6.07, 6.45) is 2.59. The van der Waals surface area contributed by atoms with Crippen LogP contribution >= 0.6 is 11.6 Å². The maximum absolute atomic E-state index is 9.87. The fraction of sp³-hybridized carbons (Fsp3) is 0.333. The molecule has 5 nitrogen and oxygen atoms in total. The van der Waals surface area contributed by atoms with Crippen LogP contribution in [0, 0.1) is 6.92 Å². The normalized spacial score (nSPS) is 12.1. The summed E-state index contributed by atoms with van der Waals surface area (Å²) in [4.78, 5) is 7.94. The zero-order valence-electron chi connectivity index (χ0n) is 11.8. The van der Waals surface area contributed by atoms with Crippen molar-refractivity contribution in [1.82, 2.24) is 15.3 Å². The molecule has 2 rings (SSSR count). The number of aliphatic hydroxyl groups excluding tert-OH is 1. The zero-order valence-corrected chi connectivity index (χ0v) is 12.5. The molecule has 6 heteroatoms. The Bertz CT molecular complexity index is 566. The molecule has 1 atom stereocenters. The quantitative estimate of drug-likeness (QED) is 0.818. The number of halogens is 1. The van der Waals surface area contributed by atoms with E-state index in [1.165, 1.54) is 6.33 Å². The van der Waals surface area contributed by atoms with Crippen molar-refractivity contribution in [2.45, 2.75) is 19.6 Å². The fourth-order valence-corrected chi connectivity index (χ4v) is 1.87. The number of hydrogen-bond acceptors (Lipinski definition) is 5. The second-order valence-corrected chi connectivity index (χ2v) is 5.11. The molecule has 0 aliphatic carbocycles. The molecule has 1 unspecified atom stereocenters. The molecule has 0 saturated heterocycles. The number of ether oxygens (including phenoxy) is 1. The first-order valence-corrected chi connectivity index (χ1v) is 7.05. The van der Waals surface area contributed by atoms with Crippen LogP contribution in [0.4, 0.5) is 0 Å². The lowest BCUT2D eigenvalue weighted by Crippen LogP contribution is -2.31. The van der Waals surface area contributed by atoms with Crippen molar-refractivity contribution in [3.05, 3.63) is 53.1 Å². The van der Waals surface area contributed by atoms with Crippen molar-refractivity contribution < 1.29 is 9.84 Å². The molecule has 0 aliphatic heterocycles. The third-order valence-electron chi connectivity index (χ3n) is 2.90. The molecular weight excluding hydrogens is 290 g/mol. The molecule has 0 radical (unpaired) electrons. The molecule has 1 aromatic carbocycles. The number of aryl methyl sites for hydroxylation is 1. The van der Waals surface area contributed by atoms with E-state index in [9.17, 15) is 5.11 Å². The first kappa shape index (κ1) is 15.7. The van der Waals surface area contributed by atoms with Crippen molar-refractivity contribution in [3.63, 3.8) is 0 Å². The number of nitrogens with zero attached hydrogens (tertiary/aromatic N) is 2. The van der Waals surface area contributed by atoms with Gasteiger partial charge in [-0.05, 0) is 36.8 Å². The van der Waals surface area contributed by atoms with Gasteiger partial charge in [0.05, 0.1) is 5.69 Å². The SMILES string of the molecule is Cc1cc(OCC(O)CNCc2ccncn2)ccc1Cl. The predicted molar refractivity (Wildman–Crippen MR) is 81.4 cm³/mol. The molecule has 0 spiro atoms. The Balaban J connectivity index is 1.69. The van der Waals surface area contributed by atoms with Gasteiger partial charge in [-0.3, -0.25) is 0 Å². The Hall–Kier alpha value is -1.69. The highest BCUT2D eigenvalue weighted by atomic mass is 35.5. The standard InChI is InChI=1S/C15H18ClN3O2/c1-11-6-14(2-3-15(11)16)21-9-13(20)8-18-7-12-4-5-17-10-19-12/h2-6,10,13,18,20H,7-9H2,1H3. The summed E-state index contributed by atoms with van der Waals surface area (Å²) in [6.45, 7) is 3.14. The maximum Gasteiger partial charge on any atom is 0.119 e. The summed E-state index contributed by atoms with van der Waals surface area (Å²) in [5.74, 6) is 0.701. The van der Waals surface area contributed by atoms with Crippen LogP contribution in [0.5, 0.6) is 5.75 Å². The van der Waals surface area contributed by atoms with E-state index < -0.39 is 6.10 Å². The lowest BCUT2D eigenvalue weighted by atomic mass is 10.2. The van der Waals surface area contributed by atoms with E-state index in [-0.39, 0.29) is 6.61 Å². The Morgan fingerprint density at radius 1 is 1.38 bits per heavy atom. The first-order valence-electron chi connectivity index (χ1n) is 6.68. The van der Waals surface area contributed by atoms with Gasteiger partial charge in [-0.2, -0.15) is 0 Å². The second kappa shape index (κ2) is 7.93. The Kier molecular flexibility index (Phi) is 5.92. The van der Waals surface area contributed by atoms with E-state index >= 15 is 0 Å². The van der Waals surface area contributed by atoms with E-state index in [0.29, 0.717) is 23.9 Å². The summed E-state index contributed by atoms with van der Waals surface area (Å²) in [6, 6.07) is 7.25. The average Bonchev–Trinajstić information content (AvgIpc) is 2.49. The van der Waals surface area contributed by atoms with E-state index in [0.717, 1.165) is 11.3 Å². The van der Waals surface area contributed by atoms with Gasteiger partial charge in [-0.25, -0.2) is 9.97 Å². The molecule has 2 aromatic rings. The molecule has 112 valence electrons. The fourth-order valence-electron chi connectivity index (χ4n) is 1.75. The largest absolute Gasteiger partial charge is 0.491 e. The number of hydrogen-bond donors (Lipinski definition) is 2. The van der Waals surface area contributed by atoms with Crippen LogP contribution in [0.1, 0.15) is 11.3 Å². The number of aromatic nitrogens is 2. The van der Waals surface area contributed by atoms with E-state index in [2.05, 4.69) is 15.3 Å². The summed E-state index contributed by atoms with van der Waals surface area (Å²) in [5, 5.41) is 13.7. The minimum atomic E-state index is -0.595. The third-order valence-corrected chi connectivity index (χ3v) is 3.33. The zero-order chi connectivity index (χ0) is 15.1. The van der Waals surface area contributed by atoms with Crippen molar-refractivity contribution >= 4 is 11.6 Å². The summed E-state index contributed by atoms with van der Waals surface area (Å²) in [7, 11) is 0. The molecule has 1 aromatic heterocycles. The topological polar surface area (TPSA) is 67.3 Å². The highest BCUT2D eigenvalue weighted by Crippen LogP contribution is 2.21. The maximum atomic E-state index is 9.87. The Labute approximate surface area is 129 Å². The number of benzene rings is 1. The van der Waals surface area contributed by atoms with Gasteiger partial charge in [0.1, 0.15) is 24.8 Å². The Morgan fingerprint density at radius 3 is 2.95 bits per heavy atom. The van der Waals surface area contributed by atoms with E-state index in [1.807, 2.05) is 19.1 Å². The molecule has 0 fully saturated rings. The lowest BCUT2D eigenvalue weighted by molar-refractivity contribution is 0.106. The molecule has 0 amide bonds. The van der Waals surface area contributed by atoms with Gasteiger partial charge < -0.3 is 15.2 Å². The number of rotatable bonds is 7. The van der Waals surface area contributed by atoms with Crippen molar-refractivity contribution in [2.24, 2.45) is 0 Å². The lowest BCUT2D eigenvalue weighted by Gasteiger charge is -2.13. The highest BCUT2D eigenvalue weighted by Gasteiger charge is 2.06. The van der Waals surface area contributed by atoms with Crippen LogP contribution in [0.15, 0.2) is 36.8 Å². The molecule has 21 heavy (non-hydrogen) atoms. The van der Waals surface area contributed by atoms with Gasteiger partial charge in [-0.15, -0.1) is 0 Å². The van der Waals surface area contributed by atoms with Gasteiger partial charge in [0.25, 0.3) is 0 Å². The van der Waals surface area contributed by atoms with Gasteiger partial charge in [-0.1, -0.05) is 11.6 Å². The molecule has 0 bridgehead atoms. The molecule has 0 saturated carbocycles. The van der Waals surface area contributed by atoms with E-state index in [4.69, 9.17) is 16.3 Å². The van der Waals surface area contributed by atoms with Crippen molar-refractivity contribution in [1.29, 1.82) is 0 Å². The summed E-state index contributed by atoms with van der Waals surface area (Å²) in [5.41, 5.74) is 1.83. The van der Waals surface area contributed by atoms with Gasteiger partial charge in [0.15, 0.2) is 0 Å². The van der Waals surface area contributed by atoms with Crippen LogP contribution in [0.3, 0.4) is 0 Å². The molecule has 1 heterocycles. The number of aliphatic hydroxyl groups is 1. The van der Waals surface area contributed by atoms with Crippen molar-refractivity contribution in [3.8, 4) is 5.75 Å². The summed E-state index contributed by atoms with van der Waals surface area (Å²) < 4.78 is 5.53. The third kappa shape index (κ3) is 5.30. The predicted octanol–water partition coefficient (Wildman–Crippen LogP) is 1.97. The minimum Gasteiger partial charge on any atom is -0.491 e. The van der Waals surface area contributed by atoms with Crippen LogP contribution in [0.2, 0.25) is 5.02 Å². The van der Waals surface area contributed by atoms with Gasteiger partial charge in [0.2, 0.25) is 0 Å². The van der Waals surface area contributed by atoms with Gasteiger partial charge in [0, 0.05) is 24.3 Å². The van der Waals surface area contributed by atoms with Crippen molar-refractivity contribution in [2.75, 3.05) is 13.2 Å². The molecule has 0 aliphatic rings. The van der Waals surface area contributed by atoms with Gasteiger partial charge >= 0.3 is 0 Å². The average molecular weight is 308 g/mol. The first-order chi connectivity index (χ1) is 10.1. The van der Waals surface area contributed by atoms with Crippen LogP contribution in [0.25, 0.3) is 0 Å². The second-order valence-electron chi connectivity index (χ2n) is 4.71. The highest BCUT2D eigenvalue weighted by molar-refractivity contribution is 6.31. The summed E-state index contributed by atoms with van der Waals surface area (Å²) >= 11 is 5.94. The van der Waals surface area contributed by atoms with E-state index in [1.54, 1.807) is 18.3 Å². The molecule has 2 N–H and O–H groups in total. The van der Waals surface area contributed by atoms with Crippen LogP contribution < -0.4 is 10.1 Å². The monoisotopic (exact) mass is 307 g/mol.